The van der Waals surface area contributed by atoms with Gasteiger partial charge in [-0.3, -0.25) is 19.6 Å². The summed E-state index contributed by atoms with van der Waals surface area (Å²) in [4.78, 5) is 22.3. The number of carbonyl (C=O) groups is 1. The predicted octanol–water partition coefficient (Wildman–Crippen LogP) is 2.61. The van der Waals surface area contributed by atoms with Crippen LogP contribution < -0.4 is 10.0 Å². The van der Waals surface area contributed by atoms with E-state index in [9.17, 15) is 23.3 Å². The molecule has 2 aromatic carbocycles. The minimum absolute atomic E-state index is 0.0307. The van der Waals surface area contributed by atoms with Gasteiger partial charge in [0.2, 0.25) is 0 Å². The molecule has 1 heterocycles. The standard InChI is InChI=1S/C19H21N3O6S/c1-13-4-9-16(22(24)25)11-18(13)29(26,27)21-15-7-5-14(6-8-15)19(23)20-12-17-3-2-10-28-17/h4-9,11,17,21H,2-3,10,12H2,1H3,(H,20,23)/t17-/m1/s1. The number of ether oxygens (including phenoxy) is 1. The zero-order valence-electron chi connectivity index (χ0n) is 15.8. The van der Waals surface area contributed by atoms with E-state index in [1.165, 1.54) is 36.4 Å². The molecule has 0 saturated carbocycles. The van der Waals surface area contributed by atoms with Gasteiger partial charge in [0.05, 0.1) is 15.9 Å². The van der Waals surface area contributed by atoms with E-state index in [1.54, 1.807) is 6.92 Å². The largest absolute Gasteiger partial charge is 0.376 e. The number of aryl methyl sites for hydroxylation is 1. The number of hydrogen-bond acceptors (Lipinski definition) is 6. The van der Waals surface area contributed by atoms with Crippen molar-refractivity contribution in [2.24, 2.45) is 0 Å². The van der Waals surface area contributed by atoms with Gasteiger partial charge < -0.3 is 10.1 Å². The van der Waals surface area contributed by atoms with Gasteiger partial charge in [-0.05, 0) is 49.6 Å². The Bertz CT molecular complexity index is 1010. The molecule has 29 heavy (non-hydrogen) atoms. The number of hydrogen-bond donors (Lipinski definition) is 2. The average molecular weight is 419 g/mol. The van der Waals surface area contributed by atoms with Crippen LogP contribution in [0.4, 0.5) is 11.4 Å². The first-order valence-electron chi connectivity index (χ1n) is 9.04. The van der Waals surface area contributed by atoms with Crippen LogP contribution in [0.2, 0.25) is 0 Å². The fourth-order valence-corrected chi connectivity index (χ4v) is 4.33. The van der Waals surface area contributed by atoms with Gasteiger partial charge in [0, 0.05) is 36.5 Å². The van der Waals surface area contributed by atoms with Crippen LogP contribution >= 0.6 is 0 Å². The molecule has 154 valence electrons. The van der Waals surface area contributed by atoms with Crippen molar-refractivity contribution in [1.29, 1.82) is 0 Å². The highest BCUT2D eigenvalue weighted by atomic mass is 32.2. The first-order valence-corrected chi connectivity index (χ1v) is 10.5. The normalized spacial score (nSPS) is 16.4. The van der Waals surface area contributed by atoms with Gasteiger partial charge in [-0.1, -0.05) is 6.07 Å². The first kappa shape index (κ1) is 20.7. The van der Waals surface area contributed by atoms with Gasteiger partial charge in [0.25, 0.3) is 21.6 Å². The molecule has 2 aromatic rings. The molecule has 0 aliphatic carbocycles. The molecular weight excluding hydrogens is 398 g/mol. The lowest BCUT2D eigenvalue weighted by Gasteiger charge is -2.12. The van der Waals surface area contributed by atoms with Crippen LogP contribution in [0.3, 0.4) is 0 Å². The fraction of sp³-hybridized carbons (Fsp3) is 0.316. The molecule has 1 atom stereocenters. The maximum atomic E-state index is 12.6. The number of sulfonamides is 1. The Morgan fingerprint density at radius 2 is 1.97 bits per heavy atom. The van der Waals surface area contributed by atoms with Crippen molar-refractivity contribution in [3.63, 3.8) is 0 Å². The highest BCUT2D eigenvalue weighted by Crippen LogP contribution is 2.24. The van der Waals surface area contributed by atoms with Gasteiger partial charge in [-0.25, -0.2) is 8.42 Å². The maximum Gasteiger partial charge on any atom is 0.270 e. The topological polar surface area (TPSA) is 128 Å². The number of benzene rings is 2. The van der Waals surface area contributed by atoms with E-state index in [2.05, 4.69) is 10.0 Å². The van der Waals surface area contributed by atoms with Crippen LogP contribution in [0, 0.1) is 17.0 Å². The first-order chi connectivity index (χ1) is 13.8. The predicted molar refractivity (Wildman–Crippen MR) is 106 cm³/mol. The third-order valence-corrected chi connectivity index (χ3v) is 6.11. The zero-order valence-corrected chi connectivity index (χ0v) is 16.6. The Balaban J connectivity index is 1.69. The van der Waals surface area contributed by atoms with Crippen LogP contribution in [0.1, 0.15) is 28.8 Å². The second kappa shape index (κ2) is 8.58. The van der Waals surface area contributed by atoms with Crippen LogP contribution in [0.15, 0.2) is 47.4 Å². The number of non-ortho nitro benzene ring substituents is 1. The number of amides is 1. The van der Waals surface area contributed by atoms with E-state index in [1.807, 2.05) is 0 Å². The number of nitro groups is 1. The van der Waals surface area contributed by atoms with Crippen LogP contribution in [0.25, 0.3) is 0 Å². The third kappa shape index (κ3) is 5.09. The number of nitro benzene ring substituents is 1. The molecule has 0 aromatic heterocycles. The van der Waals surface area contributed by atoms with Crippen molar-refractivity contribution < 1.29 is 22.9 Å². The number of nitrogens with one attached hydrogen (secondary N) is 2. The monoisotopic (exact) mass is 419 g/mol. The van der Waals surface area contributed by atoms with Crippen molar-refractivity contribution in [3.8, 4) is 0 Å². The lowest BCUT2D eigenvalue weighted by atomic mass is 10.2. The Morgan fingerprint density at radius 3 is 2.59 bits per heavy atom. The highest BCUT2D eigenvalue weighted by molar-refractivity contribution is 7.92. The second-order valence-corrected chi connectivity index (χ2v) is 8.39. The number of rotatable bonds is 7. The van der Waals surface area contributed by atoms with E-state index in [-0.39, 0.29) is 28.3 Å². The molecule has 10 heteroatoms. The molecule has 1 amide bonds. The Labute approximate surface area is 168 Å². The Kier molecular flexibility index (Phi) is 6.14. The van der Waals surface area contributed by atoms with E-state index in [4.69, 9.17) is 4.74 Å². The minimum atomic E-state index is -4.03. The summed E-state index contributed by atoms with van der Waals surface area (Å²) in [5, 5.41) is 13.7. The molecule has 3 rings (SSSR count). The lowest BCUT2D eigenvalue weighted by molar-refractivity contribution is -0.385. The molecule has 9 nitrogen and oxygen atoms in total. The van der Waals surface area contributed by atoms with Crippen molar-refractivity contribution in [2.75, 3.05) is 17.9 Å². The number of nitrogens with zero attached hydrogens (tertiary/aromatic N) is 1. The summed E-state index contributed by atoms with van der Waals surface area (Å²) in [5.74, 6) is -0.274. The summed E-state index contributed by atoms with van der Waals surface area (Å²) >= 11 is 0. The quantitative estimate of drug-likeness (QED) is 0.524. The minimum Gasteiger partial charge on any atom is -0.376 e. The van der Waals surface area contributed by atoms with Crippen molar-refractivity contribution >= 4 is 27.3 Å². The summed E-state index contributed by atoms with van der Waals surface area (Å²) in [6, 6.07) is 9.58. The molecular formula is C19H21N3O6S. The average Bonchev–Trinajstić information content (AvgIpc) is 3.20. The zero-order chi connectivity index (χ0) is 21.0. The van der Waals surface area contributed by atoms with Crippen molar-refractivity contribution in [3.05, 3.63) is 63.7 Å². The second-order valence-electron chi connectivity index (χ2n) is 6.73. The van der Waals surface area contributed by atoms with Gasteiger partial charge in [0.1, 0.15) is 0 Å². The Morgan fingerprint density at radius 1 is 1.24 bits per heavy atom. The van der Waals surface area contributed by atoms with Crippen LogP contribution in [-0.4, -0.2) is 38.5 Å². The molecule has 0 unspecified atom stereocenters. The lowest BCUT2D eigenvalue weighted by Crippen LogP contribution is -2.31. The number of carbonyl (C=O) groups excluding carboxylic acids is 1. The van der Waals surface area contributed by atoms with E-state index >= 15 is 0 Å². The molecule has 0 radical (unpaired) electrons. The van der Waals surface area contributed by atoms with E-state index in [0.717, 1.165) is 18.9 Å². The third-order valence-electron chi connectivity index (χ3n) is 4.59. The Hall–Kier alpha value is -2.98. The fourth-order valence-electron chi connectivity index (χ4n) is 3.01. The van der Waals surface area contributed by atoms with Crippen molar-refractivity contribution in [1.82, 2.24) is 5.32 Å². The molecule has 0 spiro atoms. The van der Waals surface area contributed by atoms with Crippen LogP contribution in [-0.2, 0) is 14.8 Å². The molecule has 1 aliphatic heterocycles. The SMILES string of the molecule is Cc1ccc([N+](=O)[O-])cc1S(=O)(=O)Nc1ccc(C(=O)NC[C@H]2CCCO2)cc1. The molecule has 1 aliphatic rings. The molecule has 0 bridgehead atoms. The molecule has 2 N–H and O–H groups in total. The van der Waals surface area contributed by atoms with E-state index < -0.39 is 14.9 Å². The number of anilines is 1. The van der Waals surface area contributed by atoms with E-state index in [0.29, 0.717) is 24.3 Å². The summed E-state index contributed by atoms with van der Waals surface area (Å²) in [7, 11) is -4.03. The van der Waals surface area contributed by atoms with Gasteiger partial charge in [-0.2, -0.15) is 0 Å². The smallest absolute Gasteiger partial charge is 0.270 e. The highest BCUT2D eigenvalue weighted by Gasteiger charge is 2.21. The van der Waals surface area contributed by atoms with Crippen molar-refractivity contribution in [2.45, 2.75) is 30.8 Å². The van der Waals surface area contributed by atoms with Gasteiger partial charge in [-0.15, -0.1) is 0 Å². The summed E-state index contributed by atoms with van der Waals surface area (Å²) in [5.41, 5.74) is 0.700. The van der Waals surface area contributed by atoms with Gasteiger partial charge >= 0.3 is 0 Å². The van der Waals surface area contributed by atoms with Crippen LogP contribution in [0.5, 0.6) is 0 Å². The summed E-state index contributed by atoms with van der Waals surface area (Å²) < 4.78 is 33.1. The molecule has 1 saturated heterocycles. The molecule has 1 fully saturated rings. The maximum absolute atomic E-state index is 12.6. The van der Waals surface area contributed by atoms with Gasteiger partial charge in [0.15, 0.2) is 0 Å². The summed E-state index contributed by atoms with van der Waals surface area (Å²) in [6.45, 7) is 2.69. The summed E-state index contributed by atoms with van der Waals surface area (Å²) in [6.07, 6.45) is 1.93.